The SMILES string of the molecule is CN(C)C=Nc1nc2c(ncn2[C@H]2CC(O)[C@@H](CO[Si](c3ccccc3)(c3ccccc3)C(C)(C)C)O2)c(=O)[nH]1. The van der Waals surface area contributed by atoms with Crippen LogP contribution < -0.4 is 15.9 Å². The standard InChI is InChI=1S/C29H36N6O4Si/c1-29(2,3)40(20-12-8-6-9-13-20,21-14-10-7-11-15-21)38-17-23-22(36)16-24(39-23)35-19-30-25-26(35)32-28(33-27(25)37)31-18-34(4)5/h6-15,18-19,22-24,36H,16-17H2,1-5H3,(H,32,33,37)/t22?,23-,24-/m1/s1. The number of benzene rings is 2. The van der Waals surface area contributed by atoms with Crippen molar-refractivity contribution in [3.63, 3.8) is 0 Å². The number of ether oxygens (including phenoxy) is 1. The van der Waals surface area contributed by atoms with Crippen LogP contribution in [0.4, 0.5) is 5.95 Å². The zero-order valence-electron chi connectivity index (χ0n) is 23.5. The molecule has 1 aliphatic heterocycles. The van der Waals surface area contributed by atoms with Crippen molar-refractivity contribution in [2.24, 2.45) is 4.99 Å². The molecule has 210 valence electrons. The number of aliphatic hydroxyl groups excluding tert-OH is 1. The largest absolute Gasteiger partial charge is 0.405 e. The van der Waals surface area contributed by atoms with Gasteiger partial charge in [-0.2, -0.15) is 4.98 Å². The van der Waals surface area contributed by atoms with Crippen LogP contribution >= 0.6 is 0 Å². The van der Waals surface area contributed by atoms with E-state index in [4.69, 9.17) is 9.16 Å². The molecular formula is C29H36N6O4Si. The van der Waals surface area contributed by atoms with Crippen LogP contribution in [0.3, 0.4) is 0 Å². The summed E-state index contributed by atoms with van der Waals surface area (Å²) in [7, 11) is 0.853. The minimum atomic E-state index is -2.80. The fourth-order valence-corrected chi connectivity index (χ4v) is 9.93. The third-order valence-corrected chi connectivity index (χ3v) is 12.2. The van der Waals surface area contributed by atoms with Gasteiger partial charge in [0.25, 0.3) is 13.9 Å². The molecule has 0 radical (unpaired) electrons. The zero-order chi connectivity index (χ0) is 28.5. The summed E-state index contributed by atoms with van der Waals surface area (Å²) in [6.07, 6.45) is 1.48. The summed E-state index contributed by atoms with van der Waals surface area (Å²) in [6, 6.07) is 20.7. The number of hydrogen-bond donors (Lipinski definition) is 2. The topological polar surface area (TPSA) is 118 Å². The van der Waals surface area contributed by atoms with Crippen LogP contribution in [0.2, 0.25) is 5.04 Å². The normalized spacial score (nSPS) is 20.0. The van der Waals surface area contributed by atoms with Crippen molar-refractivity contribution < 1.29 is 14.3 Å². The summed E-state index contributed by atoms with van der Waals surface area (Å²) in [5.74, 6) is 0.165. The maximum atomic E-state index is 12.6. The Morgan fingerprint density at radius 3 is 2.35 bits per heavy atom. The van der Waals surface area contributed by atoms with E-state index in [1.165, 1.54) is 6.33 Å². The number of rotatable bonds is 8. The van der Waals surface area contributed by atoms with Gasteiger partial charge in [-0.3, -0.25) is 14.3 Å². The predicted octanol–water partition coefficient (Wildman–Crippen LogP) is 2.57. The third-order valence-electron chi connectivity index (χ3n) is 7.23. The summed E-state index contributed by atoms with van der Waals surface area (Å²) in [5.41, 5.74) is 0.147. The molecule has 3 atom stereocenters. The molecule has 10 nitrogen and oxygen atoms in total. The van der Waals surface area contributed by atoms with Crippen LogP contribution in [-0.2, 0) is 9.16 Å². The molecule has 0 spiro atoms. The summed E-state index contributed by atoms with van der Waals surface area (Å²) < 4.78 is 15.0. The molecule has 2 N–H and O–H groups in total. The fourth-order valence-electron chi connectivity index (χ4n) is 5.36. The Morgan fingerprint density at radius 1 is 1.15 bits per heavy atom. The van der Waals surface area contributed by atoms with Gasteiger partial charge in [-0.1, -0.05) is 81.4 Å². The minimum absolute atomic E-state index is 0.165. The highest BCUT2D eigenvalue weighted by atomic mass is 28.4. The van der Waals surface area contributed by atoms with E-state index in [-0.39, 0.29) is 28.7 Å². The first-order chi connectivity index (χ1) is 19.1. The van der Waals surface area contributed by atoms with Crippen molar-refractivity contribution in [2.45, 2.75) is 50.7 Å². The van der Waals surface area contributed by atoms with E-state index in [0.29, 0.717) is 12.1 Å². The quantitative estimate of drug-likeness (QED) is 0.193. The maximum Gasteiger partial charge on any atom is 0.280 e. The van der Waals surface area contributed by atoms with Crippen LogP contribution in [0, 0.1) is 0 Å². The van der Waals surface area contributed by atoms with Gasteiger partial charge in [-0.05, 0) is 15.4 Å². The Labute approximate surface area is 234 Å². The molecule has 2 aromatic heterocycles. The van der Waals surface area contributed by atoms with Gasteiger partial charge < -0.3 is 19.2 Å². The van der Waals surface area contributed by atoms with E-state index in [2.05, 4.69) is 65.0 Å². The van der Waals surface area contributed by atoms with Crippen molar-refractivity contribution in [2.75, 3.05) is 20.7 Å². The van der Waals surface area contributed by atoms with E-state index in [1.807, 2.05) is 50.5 Å². The Bertz CT molecular complexity index is 1490. The number of aromatic amines is 1. The van der Waals surface area contributed by atoms with Gasteiger partial charge in [0, 0.05) is 20.5 Å². The average molecular weight is 561 g/mol. The van der Waals surface area contributed by atoms with E-state index in [9.17, 15) is 9.90 Å². The molecule has 0 aliphatic carbocycles. The van der Waals surface area contributed by atoms with Crippen LogP contribution in [-0.4, -0.2) is 77.1 Å². The highest BCUT2D eigenvalue weighted by molar-refractivity contribution is 6.99. The second-order valence-electron chi connectivity index (χ2n) is 11.3. The summed E-state index contributed by atoms with van der Waals surface area (Å²) >= 11 is 0. The average Bonchev–Trinajstić information content (AvgIpc) is 3.52. The number of aliphatic hydroxyl groups is 1. The van der Waals surface area contributed by atoms with Gasteiger partial charge in [0.05, 0.1) is 25.4 Å². The molecule has 0 saturated carbocycles. The Kier molecular flexibility index (Phi) is 7.73. The van der Waals surface area contributed by atoms with Crippen molar-refractivity contribution in [3.05, 3.63) is 77.3 Å². The van der Waals surface area contributed by atoms with Crippen LogP contribution in [0.1, 0.15) is 33.4 Å². The monoisotopic (exact) mass is 560 g/mol. The lowest BCUT2D eigenvalue weighted by Crippen LogP contribution is -2.67. The van der Waals surface area contributed by atoms with Crippen molar-refractivity contribution in [1.29, 1.82) is 0 Å². The molecule has 3 heterocycles. The van der Waals surface area contributed by atoms with E-state index < -0.39 is 26.8 Å². The molecule has 11 heteroatoms. The maximum absolute atomic E-state index is 12.6. The Hall–Kier alpha value is -3.64. The number of nitrogens with one attached hydrogen (secondary N) is 1. The fraction of sp³-hybridized carbons (Fsp3) is 0.379. The first-order valence-electron chi connectivity index (χ1n) is 13.4. The van der Waals surface area contributed by atoms with Crippen molar-refractivity contribution in [3.8, 4) is 0 Å². The molecule has 1 fully saturated rings. The molecule has 40 heavy (non-hydrogen) atoms. The molecule has 1 unspecified atom stereocenters. The van der Waals surface area contributed by atoms with Crippen molar-refractivity contribution >= 4 is 42.1 Å². The lowest BCUT2D eigenvalue weighted by atomic mass is 10.2. The van der Waals surface area contributed by atoms with Gasteiger partial charge >= 0.3 is 0 Å². The first kappa shape index (κ1) is 27.9. The number of aromatic nitrogens is 4. The Balaban J connectivity index is 1.44. The van der Waals surface area contributed by atoms with E-state index in [0.717, 1.165) is 10.4 Å². The number of fused-ring (bicyclic) bond motifs is 1. The smallest absolute Gasteiger partial charge is 0.280 e. The first-order valence-corrected chi connectivity index (χ1v) is 15.3. The zero-order valence-corrected chi connectivity index (χ0v) is 24.5. The van der Waals surface area contributed by atoms with Crippen LogP contribution in [0.5, 0.6) is 0 Å². The van der Waals surface area contributed by atoms with Gasteiger partial charge in [-0.25, -0.2) is 9.98 Å². The number of hydrogen-bond acceptors (Lipinski definition) is 7. The number of nitrogens with zero attached hydrogens (tertiary/aromatic N) is 5. The summed E-state index contributed by atoms with van der Waals surface area (Å²) in [5, 5.41) is 13.2. The van der Waals surface area contributed by atoms with Gasteiger partial charge in [0.2, 0.25) is 5.95 Å². The molecule has 0 bridgehead atoms. The second-order valence-corrected chi connectivity index (χ2v) is 15.6. The van der Waals surface area contributed by atoms with E-state index in [1.54, 1.807) is 15.8 Å². The summed E-state index contributed by atoms with van der Waals surface area (Å²) in [6.45, 7) is 6.85. The lowest BCUT2D eigenvalue weighted by molar-refractivity contribution is -0.0398. The molecular weight excluding hydrogens is 524 g/mol. The minimum Gasteiger partial charge on any atom is -0.405 e. The third kappa shape index (κ3) is 5.25. The second kappa shape index (κ2) is 11.1. The van der Waals surface area contributed by atoms with Crippen LogP contribution in [0.25, 0.3) is 11.2 Å². The van der Waals surface area contributed by atoms with Crippen LogP contribution in [0.15, 0.2) is 76.8 Å². The molecule has 5 rings (SSSR count). The highest BCUT2D eigenvalue weighted by Crippen LogP contribution is 2.38. The number of imidazole rings is 1. The molecule has 1 saturated heterocycles. The van der Waals surface area contributed by atoms with Gasteiger partial charge in [0.15, 0.2) is 11.2 Å². The Morgan fingerprint density at radius 2 is 1.77 bits per heavy atom. The van der Waals surface area contributed by atoms with Gasteiger partial charge in [0.1, 0.15) is 12.3 Å². The molecule has 2 aromatic carbocycles. The predicted molar refractivity (Wildman–Crippen MR) is 158 cm³/mol. The highest BCUT2D eigenvalue weighted by Gasteiger charge is 2.51. The number of aliphatic imine (C=N–C) groups is 1. The summed E-state index contributed by atoms with van der Waals surface area (Å²) in [4.78, 5) is 30.0. The molecule has 0 amide bonds. The van der Waals surface area contributed by atoms with Crippen molar-refractivity contribution in [1.82, 2.24) is 24.4 Å². The van der Waals surface area contributed by atoms with E-state index >= 15 is 0 Å². The molecule has 4 aromatic rings. The lowest BCUT2D eigenvalue weighted by Gasteiger charge is -2.43. The molecule has 1 aliphatic rings. The van der Waals surface area contributed by atoms with Gasteiger partial charge in [-0.15, -0.1) is 0 Å². The number of H-pyrrole nitrogens is 1.